The van der Waals surface area contributed by atoms with Crippen molar-refractivity contribution in [2.45, 2.75) is 44.0 Å². The molecule has 2 aliphatic rings. The van der Waals surface area contributed by atoms with Crippen LogP contribution in [0.5, 0.6) is 0 Å². The first kappa shape index (κ1) is 14.9. The van der Waals surface area contributed by atoms with Crippen molar-refractivity contribution < 1.29 is 4.18 Å². The first-order valence-corrected chi connectivity index (χ1v) is 9.56. The van der Waals surface area contributed by atoms with Crippen molar-refractivity contribution in [1.29, 1.82) is 0 Å². The quantitative estimate of drug-likeness (QED) is 0.602. The molecule has 1 aromatic rings. The summed E-state index contributed by atoms with van der Waals surface area (Å²) >= 11 is 3.59. The molecule has 0 N–H and O–H groups in total. The zero-order chi connectivity index (χ0) is 14.5. The summed E-state index contributed by atoms with van der Waals surface area (Å²) in [5, 5.41) is 0. The molecule has 3 rings (SSSR count). The molecule has 1 saturated heterocycles. The SMILES string of the molecule is C[S+](OCCN1C2Cc3cc(Br)ccc3C21)C(C)(C)C. The Labute approximate surface area is 133 Å². The molecule has 20 heavy (non-hydrogen) atoms. The van der Waals surface area contributed by atoms with Gasteiger partial charge in [-0.15, -0.1) is 0 Å². The maximum Gasteiger partial charge on any atom is 0.152 e. The van der Waals surface area contributed by atoms with Crippen LogP contribution in [0.1, 0.15) is 37.9 Å². The van der Waals surface area contributed by atoms with E-state index in [1.807, 2.05) is 0 Å². The summed E-state index contributed by atoms with van der Waals surface area (Å²) < 4.78 is 7.47. The van der Waals surface area contributed by atoms with E-state index in [9.17, 15) is 0 Å². The van der Waals surface area contributed by atoms with Gasteiger partial charge in [0.05, 0.1) is 6.04 Å². The Morgan fingerprint density at radius 3 is 2.85 bits per heavy atom. The Hall–Kier alpha value is -0.0300. The molecule has 0 amide bonds. The minimum Gasteiger partial charge on any atom is -0.287 e. The molecule has 1 aromatic carbocycles. The van der Waals surface area contributed by atoms with Crippen LogP contribution in [0.2, 0.25) is 0 Å². The van der Waals surface area contributed by atoms with Gasteiger partial charge in [0, 0.05) is 17.1 Å². The summed E-state index contributed by atoms with van der Waals surface area (Å²) in [6.07, 6.45) is 3.41. The third-order valence-electron chi connectivity index (χ3n) is 4.38. The maximum atomic E-state index is 6.01. The molecule has 0 radical (unpaired) electrons. The van der Waals surface area contributed by atoms with Crippen LogP contribution in [0.25, 0.3) is 0 Å². The number of benzene rings is 1. The third kappa shape index (κ3) is 2.80. The molecule has 0 spiro atoms. The van der Waals surface area contributed by atoms with Gasteiger partial charge in [0.15, 0.2) is 4.75 Å². The van der Waals surface area contributed by atoms with Crippen LogP contribution in [0.4, 0.5) is 0 Å². The van der Waals surface area contributed by atoms with Gasteiger partial charge >= 0.3 is 0 Å². The van der Waals surface area contributed by atoms with Gasteiger partial charge in [-0.1, -0.05) is 22.0 Å². The molecule has 0 aromatic heterocycles. The zero-order valence-corrected chi connectivity index (χ0v) is 15.1. The summed E-state index contributed by atoms with van der Waals surface area (Å²) in [4.78, 5) is 2.58. The highest BCUT2D eigenvalue weighted by Crippen LogP contribution is 2.51. The third-order valence-corrected chi connectivity index (χ3v) is 7.12. The molecule has 1 aliphatic carbocycles. The molecule has 2 nitrogen and oxygen atoms in total. The van der Waals surface area contributed by atoms with Crippen molar-refractivity contribution in [2.24, 2.45) is 0 Å². The predicted molar refractivity (Wildman–Crippen MR) is 90.1 cm³/mol. The first-order valence-electron chi connectivity index (χ1n) is 7.21. The molecule has 1 heterocycles. The summed E-state index contributed by atoms with van der Waals surface area (Å²) in [7, 11) is 0. The Morgan fingerprint density at radius 2 is 2.15 bits per heavy atom. The maximum absolute atomic E-state index is 6.01. The van der Waals surface area contributed by atoms with Crippen molar-refractivity contribution in [2.75, 3.05) is 19.4 Å². The van der Waals surface area contributed by atoms with E-state index in [1.54, 1.807) is 0 Å². The summed E-state index contributed by atoms with van der Waals surface area (Å²) in [6.45, 7) is 8.66. The van der Waals surface area contributed by atoms with Gasteiger partial charge in [0.1, 0.15) is 24.0 Å². The fraction of sp³-hybridized carbons (Fsp3) is 0.625. The lowest BCUT2D eigenvalue weighted by atomic mass is 10.1. The Bertz CT molecular complexity index is 514. The van der Waals surface area contributed by atoms with Gasteiger partial charge in [-0.2, -0.15) is 4.18 Å². The second-order valence-electron chi connectivity index (χ2n) is 6.69. The van der Waals surface area contributed by atoms with Crippen LogP contribution < -0.4 is 0 Å². The van der Waals surface area contributed by atoms with E-state index < -0.39 is 0 Å². The lowest BCUT2D eigenvalue weighted by Crippen LogP contribution is -2.30. The molecule has 4 unspecified atom stereocenters. The molecule has 0 bridgehead atoms. The number of nitrogens with zero attached hydrogens (tertiary/aromatic N) is 1. The average molecular weight is 357 g/mol. The number of halogens is 1. The summed E-state index contributed by atoms with van der Waals surface area (Å²) in [5.41, 5.74) is 3.06. The van der Waals surface area contributed by atoms with Crippen LogP contribution in [0.3, 0.4) is 0 Å². The van der Waals surface area contributed by atoms with Crippen molar-refractivity contribution in [3.8, 4) is 0 Å². The van der Waals surface area contributed by atoms with Gasteiger partial charge < -0.3 is 0 Å². The molecule has 1 aliphatic heterocycles. The van der Waals surface area contributed by atoms with Crippen LogP contribution in [0, 0.1) is 0 Å². The lowest BCUT2D eigenvalue weighted by molar-refractivity contribution is 0.304. The van der Waals surface area contributed by atoms with E-state index in [4.69, 9.17) is 4.18 Å². The lowest BCUT2D eigenvalue weighted by Gasteiger charge is -2.16. The topological polar surface area (TPSA) is 12.2 Å². The van der Waals surface area contributed by atoms with Crippen molar-refractivity contribution in [3.05, 3.63) is 33.8 Å². The zero-order valence-electron chi connectivity index (χ0n) is 12.6. The molecule has 1 fully saturated rings. The first-order chi connectivity index (χ1) is 9.38. The van der Waals surface area contributed by atoms with E-state index >= 15 is 0 Å². The molecular formula is C16H23BrNOS+. The van der Waals surface area contributed by atoms with Crippen molar-refractivity contribution in [1.82, 2.24) is 4.90 Å². The van der Waals surface area contributed by atoms with Crippen LogP contribution >= 0.6 is 15.9 Å². The fourth-order valence-electron chi connectivity index (χ4n) is 2.96. The minimum absolute atomic E-state index is 0.0365. The molecule has 0 saturated carbocycles. The van der Waals surface area contributed by atoms with Gasteiger partial charge in [-0.3, -0.25) is 4.90 Å². The molecular weight excluding hydrogens is 334 g/mol. The standard InChI is InChI=1S/C16H23BrNOS/c1-16(2,3)20(4)19-8-7-18-14-10-11-9-12(17)5-6-13(11)15(14)18/h5-6,9,14-15H,7-8,10H2,1-4H3/q+1. The second-order valence-corrected chi connectivity index (χ2v) is 9.97. The van der Waals surface area contributed by atoms with Gasteiger partial charge in [0.25, 0.3) is 0 Å². The Kier molecular flexibility index (Phi) is 3.95. The Morgan fingerprint density at radius 1 is 1.40 bits per heavy atom. The van der Waals surface area contributed by atoms with Gasteiger partial charge in [0.2, 0.25) is 0 Å². The van der Waals surface area contributed by atoms with E-state index in [0.717, 1.165) is 19.2 Å². The smallest absolute Gasteiger partial charge is 0.152 e. The van der Waals surface area contributed by atoms with E-state index in [0.29, 0.717) is 6.04 Å². The second kappa shape index (κ2) is 5.31. The highest BCUT2D eigenvalue weighted by molar-refractivity contribution is 9.10. The van der Waals surface area contributed by atoms with E-state index in [2.05, 4.69) is 66.1 Å². The minimum atomic E-state index is 0.0365. The van der Waals surface area contributed by atoms with E-state index in [-0.39, 0.29) is 15.9 Å². The van der Waals surface area contributed by atoms with Gasteiger partial charge in [-0.25, -0.2) is 0 Å². The van der Waals surface area contributed by atoms with Crippen molar-refractivity contribution >= 4 is 27.1 Å². The number of hydrogen-bond donors (Lipinski definition) is 0. The predicted octanol–water partition coefficient (Wildman–Crippen LogP) is 3.71. The summed E-state index contributed by atoms with van der Waals surface area (Å²) in [6, 6.07) is 8.12. The van der Waals surface area contributed by atoms with E-state index in [1.165, 1.54) is 22.0 Å². The molecule has 4 heteroatoms. The highest BCUT2D eigenvalue weighted by Gasteiger charge is 2.53. The Balaban J connectivity index is 1.51. The summed E-state index contributed by atoms with van der Waals surface area (Å²) in [5.74, 6) is 0. The monoisotopic (exact) mass is 356 g/mol. The van der Waals surface area contributed by atoms with Crippen molar-refractivity contribution in [3.63, 3.8) is 0 Å². The van der Waals surface area contributed by atoms with Crippen LogP contribution in [-0.2, 0) is 21.8 Å². The number of fused-ring (bicyclic) bond motifs is 3. The number of rotatable bonds is 4. The van der Waals surface area contributed by atoms with Gasteiger partial charge in [-0.05, 0) is 50.5 Å². The molecule has 4 atom stereocenters. The molecule has 110 valence electrons. The van der Waals surface area contributed by atoms with Crippen LogP contribution in [0.15, 0.2) is 22.7 Å². The normalized spacial score (nSPS) is 28.9. The fourth-order valence-corrected chi connectivity index (χ4v) is 4.05. The largest absolute Gasteiger partial charge is 0.287 e. The highest BCUT2D eigenvalue weighted by atomic mass is 79.9. The number of hydrogen-bond acceptors (Lipinski definition) is 2. The van der Waals surface area contributed by atoms with Crippen LogP contribution in [-0.4, -0.2) is 35.1 Å². The average Bonchev–Trinajstić information content (AvgIpc) is 2.88.